The second-order valence-corrected chi connectivity index (χ2v) is 6.47. The summed E-state index contributed by atoms with van der Waals surface area (Å²) in [6.45, 7) is 5.72. The molecule has 0 aliphatic rings. The fourth-order valence-electron chi connectivity index (χ4n) is 2.59. The molecule has 0 saturated carbocycles. The molecule has 0 bridgehead atoms. The van der Waals surface area contributed by atoms with E-state index in [9.17, 15) is 9.59 Å². The molecule has 24 heavy (non-hydrogen) atoms. The number of aryl methyl sites for hydroxylation is 1. The molecular formula is C18H20ClNO4. The Hall–Kier alpha value is -2.27. The molecule has 2 aromatic rings. The van der Waals surface area contributed by atoms with Gasteiger partial charge in [-0.2, -0.15) is 0 Å². The molecule has 0 aliphatic heterocycles. The fourth-order valence-corrected chi connectivity index (χ4v) is 2.71. The van der Waals surface area contributed by atoms with Crippen LogP contribution in [0, 0.1) is 12.8 Å². The van der Waals surface area contributed by atoms with E-state index in [1.807, 2.05) is 26.0 Å². The van der Waals surface area contributed by atoms with E-state index >= 15 is 0 Å². The average Bonchev–Trinajstić information content (AvgIpc) is 2.85. The smallest absolute Gasteiger partial charge is 0.311 e. The van der Waals surface area contributed by atoms with Crippen molar-refractivity contribution in [3.63, 3.8) is 0 Å². The summed E-state index contributed by atoms with van der Waals surface area (Å²) in [5, 5.41) is 12.6. The zero-order valence-electron chi connectivity index (χ0n) is 13.8. The lowest BCUT2D eigenvalue weighted by Gasteiger charge is -2.23. The number of amides is 1. The lowest BCUT2D eigenvalue weighted by molar-refractivity contribution is -0.136. The van der Waals surface area contributed by atoms with Crippen LogP contribution < -0.4 is 5.32 Å². The van der Waals surface area contributed by atoms with Crippen molar-refractivity contribution in [1.29, 1.82) is 0 Å². The molecule has 0 fully saturated rings. The minimum Gasteiger partial charge on any atom is -0.481 e. The topological polar surface area (TPSA) is 79.5 Å². The van der Waals surface area contributed by atoms with Crippen molar-refractivity contribution in [3.05, 3.63) is 58.0 Å². The highest BCUT2D eigenvalue weighted by atomic mass is 35.5. The van der Waals surface area contributed by atoms with Gasteiger partial charge in [0, 0.05) is 10.6 Å². The van der Waals surface area contributed by atoms with Crippen LogP contribution in [0.15, 0.2) is 34.9 Å². The van der Waals surface area contributed by atoms with Crippen molar-refractivity contribution >= 4 is 23.5 Å². The van der Waals surface area contributed by atoms with E-state index in [1.165, 1.54) is 6.26 Å². The van der Waals surface area contributed by atoms with Crippen LogP contribution in [-0.2, 0) is 11.2 Å². The van der Waals surface area contributed by atoms with Crippen LogP contribution >= 0.6 is 11.6 Å². The third-order valence-corrected chi connectivity index (χ3v) is 4.02. The maximum absolute atomic E-state index is 12.7. The number of carboxylic acids is 1. The van der Waals surface area contributed by atoms with Crippen molar-refractivity contribution in [1.82, 2.24) is 5.32 Å². The monoisotopic (exact) mass is 349 g/mol. The first-order valence-electron chi connectivity index (χ1n) is 7.64. The zero-order valence-corrected chi connectivity index (χ0v) is 14.6. The van der Waals surface area contributed by atoms with Crippen LogP contribution in [0.4, 0.5) is 0 Å². The highest BCUT2D eigenvalue weighted by molar-refractivity contribution is 6.30. The van der Waals surface area contributed by atoms with Gasteiger partial charge in [-0.25, -0.2) is 0 Å². The Bertz CT molecular complexity index is 734. The quantitative estimate of drug-likeness (QED) is 0.826. The summed E-state index contributed by atoms with van der Waals surface area (Å²) < 4.78 is 5.23. The lowest BCUT2D eigenvalue weighted by Crippen LogP contribution is -2.32. The lowest BCUT2D eigenvalue weighted by atomic mass is 9.95. The third-order valence-electron chi connectivity index (χ3n) is 3.77. The van der Waals surface area contributed by atoms with Crippen molar-refractivity contribution < 1.29 is 19.1 Å². The van der Waals surface area contributed by atoms with Crippen LogP contribution in [0.25, 0.3) is 0 Å². The second-order valence-electron chi connectivity index (χ2n) is 6.03. The maximum atomic E-state index is 12.7. The Kier molecular flexibility index (Phi) is 5.67. The van der Waals surface area contributed by atoms with Gasteiger partial charge in [-0.15, -0.1) is 0 Å². The largest absolute Gasteiger partial charge is 0.481 e. The number of nitrogens with one attached hydrogen (secondary N) is 1. The fraction of sp³-hybridized carbons (Fsp3) is 0.333. The van der Waals surface area contributed by atoms with Crippen LogP contribution in [0.1, 0.15) is 47.1 Å². The summed E-state index contributed by atoms with van der Waals surface area (Å²) in [6, 6.07) is 7.07. The first-order valence-corrected chi connectivity index (χ1v) is 8.02. The molecule has 0 spiro atoms. The van der Waals surface area contributed by atoms with Crippen molar-refractivity contribution in [2.45, 2.75) is 33.2 Å². The number of hydrogen-bond donors (Lipinski definition) is 2. The SMILES string of the molecule is Cc1coc(CC(=O)O)c1C(=O)NC(c1ccc(Cl)cc1)C(C)C. The number of aliphatic carboxylic acids is 1. The number of hydrogen-bond acceptors (Lipinski definition) is 3. The molecule has 0 saturated heterocycles. The van der Waals surface area contributed by atoms with Crippen molar-refractivity contribution in [2.24, 2.45) is 5.92 Å². The Morgan fingerprint density at radius 1 is 1.25 bits per heavy atom. The van der Waals surface area contributed by atoms with Gasteiger partial charge >= 0.3 is 5.97 Å². The molecule has 2 rings (SSSR count). The second kappa shape index (κ2) is 7.53. The van der Waals surface area contributed by atoms with E-state index in [0.29, 0.717) is 10.6 Å². The number of furan rings is 1. The van der Waals surface area contributed by atoms with Crippen LogP contribution in [0.3, 0.4) is 0 Å². The number of benzene rings is 1. The van der Waals surface area contributed by atoms with Crippen molar-refractivity contribution in [3.8, 4) is 0 Å². The average molecular weight is 350 g/mol. The van der Waals surface area contributed by atoms with Crippen LogP contribution in [0.5, 0.6) is 0 Å². The Morgan fingerprint density at radius 2 is 1.88 bits per heavy atom. The molecule has 1 amide bonds. The van der Waals surface area contributed by atoms with Crippen molar-refractivity contribution in [2.75, 3.05) is 0 Å². The van der Waals surface area contributed by atoms with Gasteiger partial charge in [-0.3, -0.25) is 9.59 Å². The number of carbonyl (C=O) groups is 2. The van der Waals surface area contributed by atoms with Gasteiger partial charge in [0.1, 0.15) is 12.2 Å². The standard InChI is InChI=1S/C18H20ClNO4/c1-10(2)17(12-4-6-13(19)7-5-12)20-18(23)16-11(3)9-24-14(16)8-15(21)22/h4-7,9-10,17H,8H2,1-3H3,(H,20,23)(H,21,22). The number of halogens is 1. The Morgan fingerprint density at radius 3 is 2.42 bits per heavy atom. The van der Waals surface area contributed by atoms with E-state index in [1.54, 1.807) is 19.1 Å². The van der Waals surface area contributed by atoms with Gasteiger partial charge < -0.3 is 14.8 Å². The van der Waals surface area contributed by atoms with Gasteiger partial charge in [0.15, 0.2) is 0 Å². The first kappa shape index (κ1) is 18.1. The minimum absolute atomic E-state index is 0.144. The van der Waals surface area contributed by atoms with Gasteiger partial charge in [0.25, 0.3) is 5.91 Å². The highest BCUT2D eigenvalue weighted by Crippen LogP contribution is 2.25. The minimum atomic E-state index is -1.04. The highest BCUT2D eigenvalue weighted by Gasteiger charge is 2.24. The Labute approximate surface area is 145 Å². The molecule has 2 N–H and O–H groups in total. The Balaban J connectivity index is 2.27. The summed E-state index contributed by atoms with van der Waals surface area (Å²) in [6.07, 6.45) is 1.07. The predicted molar refractivity (Wildman–Crippen MR) is 91.3 cm³/mol. The molecular weight excluding hydrogens is 330 g/mol. The summed E-state index contributed by atoms with van der Waals surface area (Å²) in [7, 11) is 0. The predicted octanol–water partition coefficient (Wildman–Crippen LogP) is 4.00. The van der Waals surface area contributed by atoms with E-state index in [2.05, 4.69) is 5.32 Å². The molecule has 1 unspecified atom stereocenters. The maximum Gasteiger partial charge on any atom is 0.311 e. The third kappa shape index (κ3) is 4.17. The van der Waals surface area contributed by atoms with Crippen LogP contribution in [0.2, 0.25) is 5.02 Å². The van der Waals surface area contributed by atoms with E-state index in [0.717, 1.165) is 5.56 Å². The van der Waals surface area contributed by atoms with E-state index in [-0.39, 0.29) is 35.6 Å². The molecule has 128 valence electrons. The van der Waals surface area contributed by atoms with Gasteiger partial charge in [-0.1, -0.05) is 37.6 Å². The molecule has 6 heteroatoms. The molecule has 1 aromatic heterocycles. The zero-order chi connectivity index (χ0) is 17.9. The summed E-state index contributed by atoms with van der Waals surface area (Å²) in [5.74, 6) is -1.08. The summed E-state index contributed by atoms with van der Waals surface area (Å²) >= 11 is 5.92. The molecule has 1 atom stereocenters. The number of rotatable bonds is 6. The molecule has 1 aromatic carbocycles. The number of carboxylic acid groups (broad SMARTS) is 1. The normalized spacial score (nSPS) is 12.2. The summed E-state index contributed by atoms with van der Waals surface area (Å²) in [4.78, 5) is 23.6. The molecule has 0 radical (unpaired) electrons. The molecule has 5 nitrogen and oxygen atoms in total. The van der Waals surface area contributed by atoms with Crippen LogP contribution in [-0.4, -0.2) is 17.0 Å². The van der Waals surface area contributed by atoms with Gasteiger partial charge in [0.2, 0.25) is 0 Å². The summed E-state index contributed by atoms with van der Waals surface area (Å²) in [5.41, 5.74) is 1.84. The first-order chi connectivity index (χ1) is 11.3. The van der Waals surface area contributed by atoms with E-state index in [4.69, 9.17) is 21.1 Å². The van der Waals surface area contributed by atoms with E-state index < -0.39 is 5.97 Å². The molecule has 1 heterocycles. The molecule has 0 aliphatic carbocycles. The van der Waals surface area contributed by atoms with Gasteiger partial charge in [-0.05, 0) is 30.5 Å². The number of carbonyl (C=O) groups excluding carboxylic acids is 1. The van der Waals surface area contributed by atoms with Gasteiger partial charge in [0.05, 0.1) is 17.9 Å².